The molecule has 0 aliphatic carbocycles. The minimum absolute atomic E-state index is 0.168. The first-order chi connectivity index (χ1) is 16.0. The van der Waals surface area contributed by atoms with Gasteiger partial charge in [-0.1, -0.05) is 60.7 Å². The number of aryl methyl sites for hydroxylation is 1. The van der Waals surface area contributed by atoms with Crippen molar-refractivity contribution in [2.24, 2.45) is 0 Å². The monoisotopic (exact) mass is 492 g/mol. The topological polar surface area (TPSA) is 17.8 Å². The number of hydrogen-bond acceptors (Lipinski definition) is 1. The molecule has 0 bridgehead atoms. The molecule has 0 saturated heterocycles. The molecule has 4 rings (SSSR count). The summed E-state index contributed by atoms with van der Waals surface area (Å²) in [6.07, 6.45) is -9.90. The highest BCUT2D eigenvalue weighted by Crippen LogP contribution is 2.41. The average Bonchev–Trinajstić information content (AvgIpc) is 3.07. The summed E-state index contributed by atoms with van der Waals surface area (Å²) in [5.41, 5.74) is -1.81. The number of aromatic nitrogens is 2. The smallest absolute Gasteiger partial charge is 0.296 e. The first kappa shape index (κ1) is 24.0. The Bertz CT molecular complexity index is 1260. The Labute approximate surface area is 193 Å². The van der Waals surface area contributed by atoms with Gasteiger partial charge in [0, 0.05) is 13.6 Å². The molecule has 4 aromatic rings. The molecule has 0 amide bonds. The first-order valence-electron chi connectivity index (χ1n) is 10.2. The second-order valence-electron chi connectivity index (χ2n) is 7.65. The number of rotatable bonds is 4. The van der Waals surface area contributed by atoms with E-state index < -0.39 is 31.4 Å². The quantitative estimate of drug-likeness (QED) is 0.242. The van der Waals surface area contributed by atoms with Gasteiger partial charge in [-0.2, -0.15) is 26.3 Å². The Morgan fingerprint density at radius 1 is 0.706 bits per heavy atom. The molecule has 0 N–H and O–H groups in total. The maximum Gasteiger partial charge on any atom is 0.418 e. The van der Waals surface area contributed by atoms with Gasteiger partial charge in [0.1, 0.15) is 5.57 Å². The molecule has 0 aliphatic heterocycles. The third-order valence-corrected chi connectivity index (χ3v) is 7.75. The van der Waals surface area contributed by atoms with Crippen LogP contribution in [0.15, 0.2) is 78.9 Å². The first-order valence-corrected chi connectivity index (χ1v) is 11.6. The molecule has 176 valence electrons. The summed E-state index contributed by atoms with van der Waals surface area (Å²) in [6, 6.07) is 20.2. The number of nitrogens with zero attached hydrogens (tertiary/aromatic N) is 2. The predicted octanol–water partition coefficient (Wildman–Crippen LogP) is 6.28. The SMILES string of the molecule is Cc1nc(P(c2ccccc2)c2ccccc2)n(-c2ccc(C(F)(F)F)cc2C(F)(F)F)c1C. The molecule has 0 saturated carbocycles. The van der Waals surface area contributed by atoms with Crippen molar-refractivity contribution in [3.8, 4) is 5.69 Å². The molecular weight excluding hydrogens is 473 g/mol. The van der Waals surface area contributed by atoms with Crippen molar-refractivity contribution in [3.05, 3.63) is 101 Å². The molecule has 3 aromatic carbocycles. The van der Waals surface area contributed by atoms with Crippen LogP contribution < -0.4 is 16.2 Å². The summed E-state index contributed by atoms with van der Waals surface area (Å²) < 4.78 is 83.1. The van der Waals surface area contributed by atoms with E-state index in [2.05, 4.69) is 4.98 Å². The molecule has 0 radical (unpaired) electrons. The van der Waals surface area contributed by atoms with E-state index in [1.54, 1.807) is 13.8 Å². The second kappa shape index (κ2) is 8.91. The van der Waals surface area contributed by atoms with Crippen molar-refractivity contribution in [2.45, 2.75) is 26.2 Å². The maximum atomic E-state index is 14.0. The van der Waals surface area contributed by atoms with E-state index in [9.17, 15) is 26.3 Å². The molecule has 0 unspecified atom stereocenters. The van der Waals surface area contributed by atoms with Crippen LogP contribution in [-0.2, 0) is 12.4 Å². The molecular formula is C25H19F6N2P. The van der Waals surface area contributed by atoms with Gasteiger partial charge in [0.2, 0.25) is 0 Å². The fourth-order valence-electron chi connectivity index (χ4n) is 3.70. The number of alkyl halides is 6. The number of halogens is 6. The van der Waals surface area contributed by atoms with Crippen LogP contribution in [-0.4, -0.2) is 9.55 Å². The lowest BCUT2D eigenvalue weighted by molar-refractivity contribution is -0.143. The third kappa shape index (κ3) is 4.60. The second-order valence-corrected chi connectivity index (χ2v) is 9.76. The van der Waals surface area contributed by atoms with E-state index in [1.807, 2.05) is 60.7 Å². The van der Waals surface area contributed by atoms with Gasteiger partial charge in [0.05, 0.1) is 22.5 Å². The zero-order valence-corrected chi connectivity index (χ0v) is 19.0. The van der Waals surface area contributed by atoms with E-state index in [1.165, 1.54) is 4.57 Å². The summed E-state index contributed by atoms with van der Waals surface area (Å²) in [6.45, 7) is 3.29. The molecule has 1 heterocycles. The zero-order chi connectivity index (χ0) is 24.7. The molecule has 9 heteroatoms. The van der Waals surface area contributed by atoms with Crippen LogP contribution in [0.3, 0.4) is 0 Å². The van der Waals surface area contributed by atoms with E-state index in [0.29, 0.717) is 23.0 Å². The fraction of sp³-hybridized carbons (Fsp3) is 0.160. The molecule has 0 fully saturated rings. The predicted molar refractivity (Wildman–Crippen MR) is 122 cm³/mol. The summed E-state index contributed by atoms with van der Waals surface area (Å²) >= 11 is 0. The van der Waals surface area contributed by atoms with Crippen molar-refractivity contribution in [1.29, 1.82) is 0 Å². The van der Waals surface area contributed by atoms with Crippen LogP contribution in [0.4, 0.5) is 26.3 Å². The van der Waals surface area contributed by atoms with E-state index in [4.69, 9.17) is 0 Å². The normalized spacial score (nSPS) is 12.4. The number of benzene rings is 3. The van der Waals surface area contributed by atoms with Crippen LogP contribution in [0.2, 0.25) is 0 Å². The van der Waals surface area contributed by atoms with Crippen LogP contribution in [0.25, 0.3) is 5.69 Å². The van der Waals surface area contributed by atoms with E-state index >= 15 is 0 Å². The Balaban J connectivity index is 2.03. The summed E-state index contributed by atoms with van der Waals surface area (Å²) in [5.74, 6) is 0. The van der Waals surface area contributed by atoms with Gasteiger partial charge in [-0.3, -0.25) is 4.57 Å². The minimum Gasteiger partial charge on any atom is -0.296 e. The summed E-state index contributed by atoms with van der Waals surface area (Å²) in [4.78, 5) is 4.64. The van der Waals surface area contributed by atoms with Crippen LogP contribution >= 0.6 is 7.92 Å². The lowest BCUT2D eigenvalue weighted by atomic mass is 10.1. The van der Waals surface area contributed by atoms with Crippen LogP contribution in [0.5, 0.6) is 0 Å². The van der Waals surface area contributed by atoms with Gasteiger partial charge >= 0.3 is 12.4 Å². The summed E-state index contributed by atoms with van der Waals surface area (Å²) in [7, 11) is -1.40. The lowest BCUT2D eigenvalue weighted by Crippen LogP contribution is -2.29. The zero-order valence-electron chi connectivity index (χ0n) is 18.1. The summed E-state index contributed by atoms with van der Waals surface area (Å²) in [5, 5.41) is 1.71. The van der Waals surface area contributed by atoms with Gasteiger partial charge in [-0.15, -0.1) is 0 Å². The van der Waals surface area contributed by atoms with E-state index in [-0.39, 0.29) is 11.8 Å². The van der Waals surface area contributed by atoms with Gasteiger partial charge in [-0.05, 0) is 42.7 Å². The van der Waals surface area contributed by atoms with Gasteiger partial charge in [0.25, 0.3) is 0 Å². The van der Waals surface area contributed by atoms with Crippen molar-refractivity contribution in [1.82, 2.24) is 9.55 Å². The minimum atomic E-state index is -5.00. The Morgan fingerprint density at radius 2 is 1.24 bits per heavy atom. The molecule has 0 atom stereocenters. The molecule has 2 nitrogen and oxygen atoms in total. The van der Waals surface area contributed by atoms with Gasteiger partial charge in [0.15, 0.2) is 0 Å². The number of imidazole rings is 1. The Morgan fingerprint density at radius 3 is 1.71 bits per heavy atom. The standard InChI is InChI=1S/C25H19F6N2P/c1-16-17(2)33(22-14-13-18(24(26,27)28)15-21(22)25(29,30)31)23(32-16)34(19-9-5-3-6-10-19)20-11-7-4-8-12-20/h3-15H,1-2H3. The van der Waals surface area contributed by atoms with Crippen molar-refractivity contribution in [2.75, 3.05) is 0 Å². The van der Waals surface area contributed by atoms with Gasteiger partial charge in [-0.25, -0.2) is 4.98 Å². The third-order valence-electron chi connectivity index (χ3n) is 5.43. The molecule has 34 heavy (non-hydrogen) atoms. The molecule has 0 spiro atoms. The van der Waals surface area contributed by atoms with Gasteiger partial charge < -0.3 is 0 Å². The van der Waals surface area contributed by atoms with Crippen LogP contribution in [0, 0.1) is 13.8 Å². The Hall–Kier alpha value is -3.12. The highest BCUT2D eigenvalue weighted by molar-refractivity contribution is 7.79. The molecule has 0 aliphatic rings. The fourth-order valence-corrected chi connectivity index (χ4v) is 6.11. The largest absolute Gasteiger partial charge is 0.418 e. The highest BCUT2D eigenvalue weighted by Gasteiger charge is 2.39. The lowest BCUT2D eigenvalue weighted by Gasteiger charge is -2.23. The highest BCUT2D eigenvalue weighted by atomic mass is 31.1. The van der Waals surface area contributed by atoms with Crippen LogP contribution in [0.1, 0.15) is 22.5 Å². The molecule has 1 aromatic heterocycles. The average molecular weight is 492 g/mol. The Kier molecular flexibility index (Phi) is 6.30. The number of hydrogen-bond donors (Lipinski definition) is 0. The van der Waals surface area contributed by atoms with Crippen molar-refractivity contribution in [3.63, 3.8) is 0 Å². The maximum absolute atomic E-state index is 14.0. The van der Waals surface area contributed by atoms with E-state index in [0.717, 1.165) is 16.7 Å². The van der Waals surface area contributed by atoms with Crippen molar-refractivity contribution >= 4 is 24.1 Å². The van der Waals surface area contributed by atoms with Crippen molar-refractivity contribution < 1.29 is 26.3 Å².